The lowest BCUT2D eigenvalue weighted by molar-refractivity contribution is 0.394. The van der Waals surface area contributed by atoms with Gasteiger partial charge in [-0.1, -0.05) is 20.8 Å². The Bertz CT molecular complexity index is 996. The molecule has 8 heteroatoms. The molecule has 1 saturated heterocycles. The molecular formula is C22H30N6O2. The number of piperidine rings is 1. The zero-order valence-electron chi connectivity index (χ0n) is 18.3. The molecule has 0 spiro atoms. The third kappa shape index (κ3) is 4.13. The molecule has 1 N–H and O–H groups in total. The van der Waals surface area contributed by atoms with Gasteiger partial charge in [-0.25, -0.2) is 0 Å². The van der Waals surface area contributed by atoms with E-state index in [0.29, 0.717) is 6.04 Å². The minimum Gasteiger partial charge on any atom is -0.497 e. The fourth-order valence-electron chi connectivity index (χ4n) is 3.79. The molecule has 160 valence electrons. The zero-order chi connectivity index (χ0) is 21.3. The molecule has 1 aliphatic rings. The van der Waals surface area contributed by atoms with Crippen molar-refractivity contribution >= 4 is 17.2 Å². The van der Waals surface area contributed by atoms with E-state index in [2.05, 4.69) is 41.2 Å². The van der Waals surface area contributed by atoms with Crippen LogP contribution in [0, 0.1) is 0 Å². The number of hydrogen-bond acceptors (Lipinski definition) is 7. The molecule has 0 amide bonds. The van der Waals surface area contributed by atoms with Gasteiger partial charge in [-0.2, -0.15) is 4.52 Å². The second-order valence-electron chi connectivity index (χ2n) is 8.74. The third-order valence-electron chi connectivity index (χ3n) is 5.46. The van der Waals surface area contributed by atoms with Gasteiger partial charge in [-0.15, -0.1) is 15.3 Å². The van der Waals surface area contributed by atoms with Crippen LogP contribution in [0.5, 0.6) is 11.5 Å². The first kappa shape index (κ1) is 20.3. The molecule has 0 radical (unpaired) electrons. The monoisotopic (exact) mass is 410 g/mol. The summed E-state index contributed by atoms with van der Waals surface area (Å²) in [7, 11) is 3.34. The quantitative estimate of drug-likeness (QED) is 0.690. The van der Waals surface area contributed by atoms with Crippen molar-refractivity contribution in [2.75, 3.05) is 37.5 Å². The molecule has 0 bridgehead atoms. The average molecular weight is 411 g/mol. The number of ether oxygens (including phenoxy) is 2. The Morgan fingerprint density at radius 3 is 2.23 bits per heavy atom. The lowest BCUT2D eigenvalue weighted by atomic mass is 9.96. The van der Waals surface area contributed by atoms with E-state index >= 15 is 0 Å². The first-order valence-corrected chi connectivity index (χ1v) is 10.3. The number of nitrogens with one attached hydrogen (secondary N) is 1. The van der Waals surface area contributed by atoms with Gasteiger partial charge in [0, 0.05) is 48.4 Å². The summed E-state index contributed by atoms with van der Waals surface area (Å²) < 4.78 is 12.6. The smallest absolute Gasteiger partial charge is 0.178 e. The van der Waals surface area contributed by atoms with Crippen LogP contribution in [0.1, 0.15) is 39.4 Å². The maximum atomic E-state index is 5.37. The van der Waals surface area contributed by atoms with Crippen molar-refractivity contribution < 1.29 is 9.47 Å². The van der Waals surface area contributed by atoms with Crippen molar-refractivity contribution in [3.8, 4) is 11.5 Å². The van der Waals surface area contributed by atoms with Gasteiger partial charge in [-0.3, -0.25) is 0 Å². The molecular weight excluding hydrogens is 380 g/mol. The summed E-state index contributed by atoms with van der Waals surface area (Å²) in [6.45, 7) is 8.25. The molecule has 0 aliphatic carbocycles. The van der Waals surface area contributed by atoms with Crippen molar-refractivity contribution in [3.63, 3.8) is 0 Å². The van der Waals surface area contributed by atoms with E-state index < -0.39 is 0 Å². The van der Waals surface area contributed by atoms with E-state index in [1.165, 1.54) is 0 Å². The van der Waals surface area contributed by atoms with Gasteiger partial charge >= 0.3 is 0 Å². The number of anilines is 2. The van der Waals surface area contributed by atoms with Crippen LogP contribution in [0.25, 0.3) is 5.65 Å². The summed E-state index contributed by atoms with van der Waals surface area (Å²) in [6.07, 6.45) is 2.04. The van der Waals surface area contributed by atoms with E-state index in [0.717, 1.165) is 60.4 Å². The van der Waals surface area contributed by atoms with Crippen molar-refractivity contribution in [2.45, 2.75) is 45.1 Å². The van der Waals surface area contributed by atoms with E-state index in [9.17, 15) is 0 Å². The molecule has 1 fully saturated rings. The molecule has 0 unspecified atom stereocenters. The number of methoxy groups -OCH3 is 2. The van der Waals surface area contributed by atoms with E-state index in [-0.39, 0.29) is 5.41 Å². The number of benzene rings is 1. The highest BCUT2D eigenvalue weighted by Gasteiger charge is 2.24. The van der Waals surface area contributed by atoms with Crippen molar-refractivity contribution in [3.05, 3.63) is 36.2 Å². The molecule has 3 aromatic rings. The van der Waals surface area contributed by atoms with Gasteiger partial charge in [0.2, 0.25) is 0 Å². The summed E-state index contributed by atoms with van der Waals surface area (Å²) in [5.74, 6) is 3.42. The van der Waals surface area contributed by atoms with E-state index in [1.807, 2.05) is 34.8 Å². The van der Waals surface area contributed by atoms with Gasteiger partial charge in [0.05, 0.1) is 14.2 Å². The van der Waals surface area contributed by atoms with Crippen LogP contribution in [0.4, 0.5) is 11.5 Å². The molecule has 3 heterocycles. The van der Waals surface area contributed by atoms with Crippen LogP contribution >= 0.6 is 0 Å². The molecule has 0 saturated carbocycles. The van der Waals surface area contributed by atoms with Gasteiger partial charge < -0.3 is 19.7 Å². The fourth-order valence-corrected chi connectivity index (χ4v) is 3.79. The summed E-state index contributed by atoms with van der Waals surface area (Å²) in [6, 6.07) is 10.3. The van der Waals surface area contributed by atoms with E-state index in [4.69, 9.17) is 14.6 Å². The maximum Gasteiger partial charge on any atom is 0.178 e. The Morgan fingerprint density at radius 2 is 1.63 bits per heavy atom. The highest BCUT2D eigenvalue weighted by Crippen LogP contribution is 2.28. The summed E-state index contributed by atoms with van der Waals surface area (Å²) in [5.41, 5.74) is 1.69. The molecule has 0 atom stereocenters. The van der Waals surface area contributed by atoms with Crippen molar-refractivity contribution in [1.82, 2.24) is 19.8 Å². The fraction of sp³-hybridized carbons (Fsp3) is 0.500. The van der Waals surface area contributed by atoms with Crippen LogP contribution in [0.2, 0.25) is 0 Å². The van der Waals surface area contributed by atoms with Crippen molar-refractivity contribution in [1.29, 1.82) is 0 Å². The summed E-state index contributed by atoms with van der Waals surface area (Å²) in [4.78, 5) is 2.33. The normalized spacial score (nSPS) is 15.4. The average Bonchev–Trinajstić information content (AvgIpc) is 3.17. The molecule has 1 aliphatic heterocycles. The zero-order valence-corrected chi connectivity index (χ0v) is 18.3. The summed E-state index contributed by atoms with van der Waals surface area (Å²) >= 11 is 0. The molecule has 30 heavy (non-hydrogen) atoms. The second-order valence-corrected chi connectivity index (χ2v) is 8.74. The highest BCUT2D eigenvalue weighted by atomic mass is 16.5. The van der Waals surface area contributed by atoms with Crippen molar-refractivity contribution in [2.24, 2.45) is 0 Å². The van der Waals surface area contributed by atoms with Gasteiger partial charge in [-0.05, 0) is 25.0 Å². The standard InChI is InChI=1S/C22H30N6O2/c1-22(2,3)21-25-24-19-6-7-20(26-28(19)21)27-10-8-15(9-11-27)23-16-12-17(29-4)14-18(13-16)30-5/h6-7,12-15,23H,8-11H2,1-5H3. The highest BCUT2D eigenvalue weighted by molar-refractivity contribution is 5.54. The summed E-state index contributed by atoms with van der Waals surface area (Å²) in [5, 5.41) is 17.1. The van der Waals surface area contributed by atoms with Crippen LogP contribution in [-0.2, 0) is 5.41 Å². The Balaban J connectivity index is 1.45. The number of rotatable bonds is 5. The second kappa shape index (κ2) is 8.01. The van der Waals surface area contributed by atoms with E-state index in [1.54, 1.807) is 14.2 Å². The Labute approximate surface area is 177 Å². The van der Waals surface area contributed by atoms with Crippen LogP contribution in [0.3, 0.4) is 0 Å². The molecule has 2 aromatic heterocycles. The Hall–Kier alpha value is -3.03. The third-order valence-corrected chi connectivity index (χ3v) is 5.46. The lowest BCUT2D eigenvalue weighted by Gasteiger charge is -2.33. The van der Waals surface area contributed by atoms with Crippen LogP contribution in [0.15, 0.2) is 30.3 Å². The van der Waals surface area contributed by atoms with Crippen LogP contribution in [-0.4, -0.2) is 53.2 Å². The SMILES string of the molecule is COc1cc(NC2CCN(c3ccc4nnc(C(C)(C)C)n4n3)CC2)cc(OC)c1. The minimum absolute atomic E-state index is 0.111. The van der Waals surface area contributed by atoms with Crippen LogP contribution < -0.4 is 19.7 Å². The topological polar surface area (TPSA) is 76.8 Å². The molecule has 1 aromatic carbocycles. The van der Waals surface area contributed by atoms with Gasteiger partial charge in [0.15, 0.2) is 11.5 Å². The largest absolute Gasteiger partial charge is 0.497 e. The Kier molecular flexibility index (Phi) is 5.40. The van der Waals surface area contributed by atoms with Gasteiger partial charge in [0.25, 0.3) is 0 Å². The number of nitrogens with zero attached hydrogens (tertiary/aromatic N) is 5. The Morgan fingerprint density at radius 1 is 0.967 bits per heavy atom. The first-order chi connectivity index (χ1) is 14.4. The predicted molar refractivity (Wildman–Crippen MR) is 118 cm³/mol. The minimum atomic E-state index is -0.111. The molecule has 4 rings (SSSR count). The maximum absolute atomic E-state index is 5.37. The first-order valence-electron chi connectivity index (χ1n) is 10.3. The number of aromatic nitrogens is 4. The number of fused-ring (bicyclic) bond motifs is 1. The lowest BCUT2D eigenvalue weighted by Crippen LogP contribution is -2.39. The number of hydrogen-bond donors (Lipinski definition) is 1. The molecule has 8 nitrogen and oxygen atoms in total. The predicted octanol–water partition coefficient (Wildman–Crippen LogP) is 3.52. The van der Waals surface area contributed by atoms with Gasteiger partial charge in [0.1, 0.15) is 17.3 Å².